The molecule has 0 spiro atoms. The molecule has 0 saturated carbocycles. The molecular formula is C12H18O6. The predicted molar refractivity (Wildman–Crippen MR) is 63.6 cm³/mol. The number of hydrogen-bond donors (Lipinski definition) is 2. The maximum absolute atomic E-state index is 11.3. The van der Waals surface area contributed by atoms with Crippen molar-refractivity contribution in [2.75, 3.05) is 19.8 Å². The van der Waals surface area contributed by atoms with Gasteiger partial charge in [-0.2, -0.15) is 0 Å². The fourth-order valence-electron chi connectivity index (χ4n) is 1.01. The average molecular weight is 258 g/mol. The number of esters is 2. The Balaban J connectivity index is 4.60. The van der Waals surface area contributed by atoms with Gasteiger partial charge in [-0.15, -0.1) is 0 Å². The highest BCUT2D eigenvalue weighted by Gasteiger charge is 2.34. The molecule has 0 heterocycles. The summed E-state index contributed by atoms with van der Waals surface area (Å²) in [5.74, 6) is -1.38. The minimum absolute atomic E-state index is 0.424. The molecule has 0 bridgehead atoms. The molecule has 0 aromatic heterocycles. The van der Waals surface area contributed by atoms with Gasteiger partial charge in [0.05, 0.1) is 13.2 Å². The van der Waals surface area contributed by atoms with Crippen molar-refractivity contribution in [2.24, 2.45) is 0 Å². The standard InChI is InChI=1S/C12H18O6/c1-3-5-10(15)17-9-12(7-13,8-14)18-11(16)6-4-2/h3-6,13-14H,7-9H2,1-2H3/b5-3+,6-4+. The van der Waals surface area contributed by atoms with E-state index in [1.807, 2.05) is 0 Å². The van der Waals surface area contributed by atoms with Crippen LogP contribution in [0.25, 0.3) is 0 Å². The highest BCUT2D eigenvalue weighted by Crippen LogP contribution is 2.12. The Morgan fingerprint density at radius 3 is 2.00 bits per heavy atom. The number of allylic oxidation sites excluding steroid dienone is 2. The first kappa shape index (κ1) is 16.3. The van der Waals surface area contributed by atoms with Crippen LogP contribution in [0.4, 0.5) is 0 Å². The van der Waals surface area contributed by atoms with E-state index in [9.17, 15) is 9.59 Å². The van der Waals surface area contributed by atoms with E-state index in [0.717, 1.165) is 6.08 Å². The maximum atomic E-state index is 11.3. The minimum atomic E-state index is -1.63. The molecule has 0 aromatic rings. The summed E-state index contributed by atoms with van der Waals surface area (Å²) in [6, 6.07) is 0. The molecule has 0 aliphatic carbocycles. The Kier molecular flexibility index (Phi) is 7.66. The van der Waals surface area contributed by atoms with Crippen LogP contribution in [0.2, 0.25) is 0 Å². The molecule has 0 aliphatic rings. The third-order valence-electron chi connectivity index (χ3n) is 1.98. The molecule has 0 aliphatic heterocycles. The van der Waals surface area contributed by atoms with E-state index in [1.165, 1.54) is 18.2 Å². The predicted octanol–water partition coefficient (Wildman–Crippen LogP) is -0.0516. The molecular weight excluding hydrogens is 240 g/mol. The van der Waals surface area contributed by atoms with Crippen LogP contribution in [-0.2, 0) is 19.1 Å². The van der Waals surface area contributed by atoms with Gasteiger partial charge >= 0.3 is 11.9 Å². The zero-order valence-corrected chi connectivity index (χ0v) is 10.5. The van der Waals surface area contributed by atoms with Gasteiger partial charge in [0, 0.05) is 12.2 Å². The van der Waals surface area contributed by atoms with Crippen LogP contribution in [0.3, 0.4) is 0 Å². The van der Waals surface area contributed by atoms with E-state index in [0.29, 0.717) is 0 Å². The summed E-state index contributed by atoms with van der Waals surface area (Å²) in [5, 5.41) is 18.3. The van der Waals surface area contributed by atoms with Crippen LogP contribution in [0.1, 0.15) is 13.8 Å². The van der Waals surface area contributed by atoms with Crippen LogP contribution >= 0.6 is 0 Å². The lowest BCUT2D eigenvalue weighted by molar-refractivity contribution is -0.178. The summed E-state index contributed by atoms with van der Waals surface area (Å²) in [4.78, 5) is 22.4. The topological polar surface area (TPSA) is 93.1 Å². The minimum Gasteiger partial charge on any atom is -0.458 e. The van der Waals surface area contributed by atoms with Crippen LogP contribution in [0, 0.1) is 0 Å². The molecule has 6 nitrogen and oxygen atoms in total. The lowest BCUT2D eigenvalue weighted by atomic mass is 10.1. The van der Waals surface area contributed by atoms with Crippen molar-refractivity contribution >= 4 is 11.9 Å². The Morgan fingerprint density at radius 2 is 1.56 bits per heavy atom. The summed E-state index contributed by atoms with van der Waals surface area (Å²) in [7, 11) is 0. The molecule has 0 fully saturated rings. The quantitative estimate of drug-likeness (QED) is 0.491. The molecule has 0 saturated heterocycles. The summed E-state index contributed by atoms with van der Waals surface area (Å²) in [5.41, 5.74) is -1.63. The molecule has 0 atom stereocenters. The Hall–Kier alpha value is -1.66. The number of aliphatic hydroxyl groups is 2. The third-order valence-corrected chi connectivity index (χ3v) is 1.98. The van der Waals surface area contributed by atoms with Gasteiger partial charge in [-0.1, -0.05) is 12.2 Å². The second-order valence-electron chi connectivity index (χ2n) is 3.53. The largest absolute Gasteiger partial charge is 0.458 e. The van der Waals surface area contributed by atoms with Crippen molar-refractivity contribution < 1.29 is 29.3 Å². The van der Waals surface area contributed by atoms with Gasteiger partial charge in [-0.3, -0.25) is 0 Å². The fraction of sp³-hybridized carbons (Fsp3) is 0.500. The number of ether oxygens (including phenoxy) is 2. The first-order valence-corrected chi connectivity index (χ1v) is 5.40. The second kappa shape index (κ2) is 8.43. The number of hydrogen-bond acceptors (Lipinski definition) is 6. The van der Waals surface area contributed by atoms with E-state index in [4.69, 9.17) is 19.7 Å². The van der Waals surface area contributed by atoms with E-state index in [2.05, 4.69) is 0 Å². The van der Waals surface area contributed by atoms with Gasteiger partial charge in [-0.25, -0.2) is 9.59 Å². The van der Waals surface area contributed by atoms with Gasteiger partial charge in [0.15, 0.2) is 5.60 Å². The first-order valence-electron chi connectivity index (χ1n) is 5.40. The van der Waals surface area contributed by atoms with E-state index >= 15 is 0 Å². The first-order chi connectivity index (χ1) is 8.53. The molecule has 2 N–H and O–H groups in total. The zero-order valence-electron chi connectivity index (χ0n) is 10.5. The Labute approximate surface area is 106 Å². The van der Waals surface area contributed by atoms with Crippen molar-refractivity contribution in [1.29, 1.82) is 0 Å². The van der Waals surface area contributed by atoms with E-state index in [-0.39, 0.29) is 0 Å². The van der Waals surface area contributed by atoms with Crippen molar-refractivity contribution in [2.45, 2.75) is 19.4 Å². The van der Waals surface area contributed by atoms with Gasteiger partial charge in [0.25, 0.3) is 0 Å². The number of rotatable bonds is 7. The average Bonchev–Trinajstić information content (AvgIpc) is 2.35. The van der Waals surface area contributed by atoms with Gasteiger partial charge in [-0.05, 0) is 13.8 Å². The lowest BCUT2D eigenvalue weighted by Gasteiger charge is -2.28. The lowest BCUT2D eigenvalue weighted by Crippen LogP contribution is -2.47. The third kappa shape index (κ3) is 5.60. The monoisotopic (exact) mass is 258 g/mol. The van der Waals surface area contributed by atoms with Crippen LogP contribution < -0.4 is 0 Å². The molecule has 102 valence electrons. The van der Waals surface area contributed by atoms with Gasteiger partial charge in [0.2, 0.25) is 0 Å². The highest BCUT2D eigenvalue weighted by molar-refractivity contribution is 5.83. The molecule has 0 radical (unpaired) electrons. The highest BCUT2D eigenvalue weighted by atomic mass is 16.6. The Morgan fingerprint density at radius 1 is 1.06 bits per heavy atom. The van der Waals surface area contributed by atoms with E-state index < -0.39 is 37.4 Å². The smallest absolute Gasteiger partial charge is 0.331 e. The number of aliphatic hydroxyl groups excluding tert-OH is 2. The van der Waals surface area contributed by atoms with Crippen LogP contribution in [-0.4, -0.2) is 47.6 Å². The normalized spacial score (nSPS) is 12.0. The fourth-order valence-corrected chi connectivity index (χ4v) is 1.01. The van der Waals surface area contributed by atoms with Crippen molar-refractivity contribution in [3.63, 3.8) is 0 Å². The summed E-state index contributed by atoms with van der Waals surface area (Å²) >= 11 is 0. The van der Waals surface area contributed by atoms with Crippen LogP contribution in [0.15, 0.2) is 24.3 Å². The maximum Gasteiger partial charge on any atom is 0.331 e. The summed E-state index contributed by atoms with van der Waals surface area (Å²) < 4.78 is 9.64. The molecule has 0 amide bonds. The van der Waals surface area contributed by atoms with Gasteiger partial charge < -0.3 is 19.7 Å². The SMILES string of the molecule is C/C=C/C(=O)OCC(CO)(CO)OC(=O)/C=C/C. The number of carbonyl (C=O) groups excluding carboxylic acids is 2. The molecule has 0 aromatic carbocycles. The van der Waals surface area contributed by atoms with Gasteiger partial charge in [0.1, 0.15) is 6.61 Å². The van der Waals surface area contributed by atoms with Crippen molar-refractivity contribution in [3.8, 4) is 0 Å². The molecule has 6 heteroatoms. The van der Waals surface area contributed by atoms with Crippen molar-refractivity contribution in [3.05, 3.63) is 24.3 Å². The number of carbonyl (C=O) groups is 2. The summed E-state index contributed by atoms with van der Waals surface area (Å²) in [6.07, 6.45) is 5.24. The molecule has 0 unspecified atom stereocenters. The zero-order chi connectivity index (χ0) is 14.0. The molecule has 0 rings (SSSR count). The van der Waals surface area contributed by atoms with Crippen molar-refractivity contribution in [1.82, 2.24) is 0 Å². The second-order valence-corrected chi connectivity index (χ2v) is 3.53. The summed E-state index contributed by atoms with van der Waals surface area (Å²) in [6.45, 7) is 1.52. The molecule has 18 heavy (non-hydrogen) atoms. The van der Waals surface area contributed by atoms with E-state index in [1.54, 1.807) is 13.8 Å². The Bertz CT molecular complexity index is 327. The van der Waals surface area contributed by atoms with Crippen LogP contribution in [0.5, 0.6) is 0 Å².